The molecule has 1 rings (SSSR count). The molecule has 19 heavy (non-hydrogen) atoms. The zero-order valence-electron chi connectivity index (χ0n) is 10.8. The quantitative estimate of drug-likeness (QED) is 0.742. The molecule has 0 saturated carbocycles. The first-order valence-corrected chi connectivity index (χ1v) is 9.05. The molecule has 0 bridgehead atoms. The zero-order valence-corrected chi connectivity index (χ0v) is 12.4. The van der Waals surface area contributed by atoms with Gasteiger partial charge in [-0.15, -0.1) is 11.8 Å². The summed E-state index contributed by atoms with van der Waals surface area (Å²) in [5.74, 6) is -0.206. The average Bonchev–Trinajstić information content (AvgIpc) is 2.33. The van der Waals surface area contributed by atoms with Crippen LogP contribution in [0.5, 0.6) is 0 Å². The number of benzene rings is 1. The number of carboxylic acids is 1. The summed E-state index contributed by atoms with van der Waals surface area (Å²) in [6.07, 6.45) is 2.14. The summed E-state index contributed by atoms with van der Waals surface area (Å²) in [5.41, 5.74) is 0.977. The lowest BCUT2D eigenvalue weighted by molar-refractivity contribution is -0.136. The Morgan fingerprint density at radius 1 is 1.32 bits per heavy atom. The lowest BCUT2D eigenvalue weighted by Gasteiger charge is -2.11. The van der Waals surface area contributed by atoms with E-state index in [2.05, 4.69) is 0 Å². The molecule has 6 heteroatoms. The monoisotopic (exact) mass is 302 g/mol. The summed E-state index contributed by atoms with van der Waals surface area (Å²) in [4.78, 5) is 11.2. The van der Waals surface area contributed by atoms with Gasteiger partial charge in [0.05, 0.1) is 5.75 Å². The molecule has 1 atom stereocenters. The van der Waals surface area contributed by atoms with Crippen LogP contribution >= 0.6 is 11.8 Å². The topological polar surface area (TPSA) is 71.4 Å². The number of sulfone groups is 1. The van der Waals surface area contributed by atoms with E-state index in [-0.39, 0.29) is 5.75 Å². The summed E-state index contributed by atoms with van der Waals surface area (Å²) in [7, 11) is -2.96. The molecule has 0 heterocycles. The molecule has 0 aromatic heterocycles. The first-order chi connectivity index (χ1) is 8.88. The van der Waals surface area contributed by atoms with Crippen molar-refractivity contribution in [1.29, 1.82) is 0 Å². The number of carbonyl (C=O) groups is 1. The van der Waals surface area contributed by atoms with Crippen molar-refractivity contribution in [3.63, 3.8) is 0 Å². The molecule has 4 nitrogen and oxygen atoms in total. The Bertz CT molecular complexity index is 497. The molecule has 0 aliphatic rings. The van der Waals surface area contributed by atoms with Crippen LogP contribution in [0.1, 0.15) is 12.0 Å². The summed E-state index contributed by atoms with van der Waals surface area (Å²) < 4.78 is 22.0. The van der Waals surface area contributed by atoms with Crippen LogP contribution in [0.4, 0.5) is 0 Å². The second-order valence-corrected chi connectivity index (χ2v) is 7.94. The Morgan fingerprint density at radius 3 is 2.47 bits per heavy atom. The molecule has 0 saturated heterocycles. The van der Waals surface area contributed by atoms with E-state index in [1.54, 1.807) is 0 Å². The van der Waals surface area contributed by atoms with Crippen LogP contribution in [0.15, 0.2) is 30.3 Å². The van der Waals surface area contributed by atoms with Crippen molar-refractivity contribution < 1.29 is 18.3 Å². The first kappa shape index (κ1) is 16.0. The second kappa shape index (κ2) is 7.55. The van der Waals surface area contributed by atoms with E-state index < -0.39 is 21.1 Å². The molecule has 0 amide bonds. The molecule has 1 aromatic carbocycles. The molecule has 1 N–H and O–H groups in total. The van der Waals surface area contributed by atoms with Gasteiger partial charge in [0.25, 0.3) is 0 Å². The maximum absolute atomic E-state index is 11.2. The van der Waals surface area contributed by atoms with Crippen LogP contribution in [0.2, 0.25) is 0 Å². The van der Waals surface area contributed by atoms with E-state index in [4.69, 9.17) is 5.11 Å². The van der Waals surface area contributed by atoms with E-state index in [1.165, 1.54) is 18.0 Å². The maximum atomic E-state index is 11.2. The second-order valence-electron chi connectivity index (χ2n) is 4.37. The number of rotatable bonds is 8. The van der Waals surface area contributed by atoms with Gasteiger partial charge >= 0.3 is 5.97 Å². The van der Waals surface area contributed by atoms with Crippen molar-refractivity contribution in [2.75, 3.05) is 17.8 Å². The molecule has 0 spiro atoms. The van der Waals surface area contributed by atoms with Gasteiger partial charge in [-0.05, 0) is 24.2 Å². The summed E-state index contributed by atoms with van der Waals surface area (Å²) >= 11 is 1.30. The van der Waals surface area contributed by atoms with Gasteiger partial charge in [-0.3, -0.25) is 4.79 Å². The maximum Gasteiger partial charge on any atom is 0.316 e. The highest BCUT2D eigenvalue weighted by atomic mass is 32.2. The molecule has 0 aliphatic carbocycles. The van der Waals surface area contributed by atoms with Crippen LogP contribution < -0.4 is 0 Å². The fourth-order valence-corrected chi connectivity index (χ4v) is 3.49. The van der Waals surface area contributed by atoms with Gasteiger partial charge < -0.3 is 5.11 Å². The molecular formula is C13H18O4S2. The predicted octanol–water partition coefficient (Wildman–Crippen LogP) is 1.85. The van der Waals surface area contributed by atoms with Crippen molar-refractivity contribution in [1.82, 2.24) is 0 Å². The average molecular weight is 302 g/mol. The largest absolute Gasteiger partial charge is 0.480 e. The number of carboxylic acid groups (broad SMARTS) is 1. The highest BCUT2D eigenvalue weighted by Gasteiger charge is 2.18. The van der Waals surface area contributed by atoms with E-state index >= 15 is 0 Å². The van der Waals surface area contributed by atoms with E-state index in [0.717, 1.165) is 5.56 Å². The van der Waals surface area contributed by atoms with Crippen LogP contribution in [-0.2, 0) is 21.1 Å². The molecule has 1 aromatic rings. The smallest absolute Gasteiger partial charge is 0.316 e. The van der Waals surface area contributed by atoms with E-state index in [9.17, 15) is 13.2 Å². The molecule has 106 valence electrons. The Labute approximate surface area is 118 Å². The summed E-state index contributed by atoms with van der Waals surface area (Å²) in [6, 6.07) is 9.43. The minimum absolute atomic E-state index is 0.109. The van der Waals surface area contributed by atoms with E-state index in [1.807, 2.05) is 30.3 Å². The van der Waals surface area contributed by atoms with Crippen LogP contribution in [0.25, 0.3) is 0 Å². The Balaban J connectivity index is 2.44. The Morgan fingerprint density at radius 2 is 1.95 bits per heavy atom. The van der Waals surface area contributed by atoms with Gasteiger partial charge in [0.1, 0.15) is 15.1 Å². The summed E-state index contributed by atoms with van der Waals surface area (Å²) in [6.45, 7) is 0. The van der Waals surface area contributed by atoms with Gasteiger partial charge in [0.15, 0.2) is 0 Å². The van der Waals surface area contributed by atoms with E-state index in [0.29, 0.717) is 18.6 Å². The molecule has 0 fully saturated rings. The molecular weight excluding hydrogens is 284 g/mol. The third kappa shape index (κ3) is 7.22. The normalized spacial score (nSPS) is 13.1. The number of thioether (sulfide) groups is 1. The van der Waals surface area contributed by atoms with Crippen molar-refractivity contribution in [2.45, 2.75) is 18.1 Å². The standard InChI is InChI=1S/C13H18O4S2/c1-19(16,17)9-5-8-18-12(13(14)15)10-11-6-3-2-4-7-11/h2-4,6-7,12H,5,8-10H2,1H3,(H,14,15). The van der Waals surface area contributed by atoms with Crippen LogP contribution in [-0.4, -0.2) is 42.5 Å². The Kier molecular flexibility index (Phi) is 6.37. The van der Waals surface area contributed by atoms with Crippen molar-refractivity contribution in [3.05, 3.63) is 35.9 Å². The van der Waals surface area contributed by atoms with Crippen molar-refractivity contribution in [2.24, 2.45) is 0 Å². The highest BCUT2D eigenvalue weighted by molar-refractivity contribution is 8.00. The first-order valence-electron chi connectivity index (χ1n) is 5.94. The number of hydrogen-bond acceptors (Lipinski definition) is 4. The molecule has 0 aliphatic heterocycles. The van der Waals surface area contributed by atoms with Gasteiger partial charge in [-0.2, -0.15) is 0 Å². The minimum Gasteiger partial charge on any atom is -0.480 e. The zero-order chi connectivity index (χ0) is 14.3. The Hall–Kier alpha value is -1.01. The lowest BCUT2D eigenvalue weighted by Crippen LogP contribution is -2.20. The number of aliphatic carboxylic acids is 1. The van der Waals surface area contributed by atoms with Gasteiger partial charge in [0.2, 0.25) is 0 Å². The summed E-state index contributed by atoms with van der Waals surface area (Å²) in [5, 5.41) is 8.63. The highest BCUT2D eigenvalue weighted by Crippen LogP contribution is 2.18. The minimum atomic E-state index is -2.96. The van der Waals surface area contributed by atoms with Crippen LogP contribution in [0, 0.1) is 0 Å². The molecule has 0 radical (unpaired) electrons. The van der Waals surface area contributed by atoms with Gasteiger partial charge in [-0.25, -0.2) is 8.42 Å². The predicted molar refractivity (Wildman–Crippen MR) is 78.4 cm³/mol. The third-order valence-electron chi connectivity index (χ3n) is 2.52. The van der Waals surface area contributed by atoms with Crippen molar-refractivity contribution >= 4 is 27.6 Å². The van der Waals surface area contributed by atoms with Crippen LogP contribution in [0.3, 0.4) is 0 Å². The SMILES string of the molecule is CS(=O)(=O)CCCSC(Cc1ccccc1)C(=O)O. The third-order valence-corrected chi connectivity index (χ3v) is 4.84. The van der Waals surface area contributed by atoms with Crippen molar-refractivity contribution in [3.8, 4) is 0 Å². The fourth-order valence-electron chi connectivity index (χ4n) is 1.59. The fraction of sp³-hybridized carbons (Fsp3) is 0.462. The molecule has 1 unspecified atom stereocenters. The number of hydrogen-bond donors (Lipinski definition) is 1. The van der Waals surface area contributed by atoms with Gasteiger partial charge in [0, 0.05) is 6.26 Å². The van der Waals surface area contributed by atoms with Gasteiger partial charge in [-0.1, -0.05) is 30.3 Å². The lowest BCUT2D eigenvalue weighted by atomic mass is 10.1.